The van der Waals surface area contributed by atoms with Gasteiger partial charge >= 0.3 is 0 Å². The molecule has 80 valence electrons. The SMILES string of the molecule is CCn1cnc2nc(NC)n(C)c2c1=O. The van der Waals surface area contributed by atoms with Crippen molar-refractivity contribution < 1.29 is 0 Å². The molecule has 2 heterocycles. The summed E-state index contributed by atoms with van der Waals surface area (Å²) in [6.45, 7) is 2.52. The number of fused-ring (bicyclic) bond motifs is 1. The number of anilines is 1. The first-order valence-corrected chi connectivity index (χ1v) is 4.78. The van der Waals surface area contributed by atoms with Gasteiger partial charge in [-0.2, -0.15) is 4.98 Å². The minimum atomic E-state index is -0.0565. The number of aryl methyl sites for hydroxylation is 2. The maximum absolute atomic E-state index is 11.9. The van der Waals surface area contributed by atoms with Crippen molar-refractivity contribution >= 4 is 17.1 Å². The zero-order valence-corrected chi connectivity index (χ0v) is 8.98. The highest BCUT2D eigenvalue weighted by molar-refractivity contribution is 5.73. The van der Waals surface area contributed by atoms with Crippen LogP contribution < -0.4 is 10.9 Å². The van der Waals surface area contributed by atoms with Gasteiger partial charge in [0.25, 0.3) is 5.56 Å². The summed E-state index contributed by atoms with van der Waals surface area (Å²) in [4.78, 5) is 20.3. The van der Waals surface area contributed by atoms with E-state index in [0.717, 1.165) is 0 Å². The Balaban J connectivity index is 2.86. The van der Waals surface area contributed by atoms with E-state index in [9.17, 15) is 4.79 Å². The first kappa shape index (κ1) is 9.70. The Morgan fingerprint density at radius 2 is 2.27 bits per heavy atom. The van der Waals surface area contributed by atoms with Crippen molar-refractivity contribution in [1.82, 2.24) is 19.1 Å². The van der Waals surface area contributed by atoms with E-state index >= 15 is 0 Å². The van der Waals surface area contributed by atoms with Gasteiger partial charge in [-0.25, -0.2) is 4.98 Å². The van der Waals surface area contributed by atoms with Crippen molar-refractivity contribution in [3.05, 3.63) is 16.7 Å². The van der Waals surface area contributed by atoms with Crippen molar-refractivity contribution in [3.63, 3.8) is 0 Å². The Bertz CT molecular complexity index is 553. The molecule has 0 amide bonds. The van der Waals surface area contributed by atoms with E-state index in [2.05, 4.69) is 15.3 Å². The fourth-order valence-electron chi connectivity index (χ4n) is 1.57. The highest BCUT2D eigenvalue weighted by Crippen LogP contribution is 2.11. The fraction of sp³-hybridized carbons (Fsp3) is 0.444. The maximum Gasteiger partial charge on any atom is 0.279 e. The summed E-state index contributed by atoms with van der Waals surface area (Å²) in [6.07, 6.45) is 1.52. The predicted molar refractivity (Wildman–Crippen MR) is 58.0 cm³/mol. The van der Waals surface area contributed by atoms with Gasteiger partial charge in [-0.15, -0.1) is 0 Å². The molecule has 0 atom stereocenters. The molecule has 0 fully saturated rings. The third kappa shape index (κ3) is 1.29. The highest BCUT2D eigenvalue weighted by Gasteiger charge is 2.11. The molecule has 0 unspecified atom stereocenters. The Labute approximate surface area is 86.6 Å². The van der Waals surface area contributed by atoms with E-state index in [1.807, 2.05) is 6.92 Å². The number of aromatic nitrogens is 4. The number of nitrogens with zero attached hydrogens (tertiary/aromatic N) is 4. The average molecular weight is 207 g/mol. The number of hydrogen-bond donors (Lipinski definition) is 1. The predicted octanol–water partition coefficient (Wildman–Crippen LogP) is 0.192. The summed E-state index contributed by atoms with van der Waals surface area (Å²) in [5.74, 6) is 0.642. The standard InChI is InChI=1S/C9H13N5O/c1-4-14-5-11-7-6(8(14)15)13(3)9(10-2)12-7/h5H,4H2,1-3H3,(H,10,12). The molecule has 0 saturated heterocycles. The van der Waals surface area contributed by atoms with Gasteiger partial charge in [-0.3, -0.25) is 9.36 Å². The lowest BCUT2D eigenvalue weighted by atomic mass is 10.5. The second kappa shape index (κ2) is 3.38. The van der Waals surface area contributed by atoms with Crippen LogP contribution in [-0.4, -0.2) is 26.1 Å². The molecule has 15 heavy (non-hydrogen) atoms. The van der Waals surface area contributed by atoms with Crippen LogP contribution in [0.1, 0.15) is 6.92 Å². The minimum Gasteiger partial charge on any atom is -0.359 e. The van der Waals surface area contributed by atoms with E-state index < -0.39 is 0 Å². The molecule has 0 radical (unpaired) electrons. The van der Waals surface area contributed by atoms with E-state index in [0.29, 0.717) is 23.7 Å². The summed E-state index contributed by atoms with van der Waals surface area (Å²) in [7, 11) is 3.56. The van der Waals surface area contributed by atoms with Crippen molar-refractivity contribution in [2.24, 2.45) is 7.05 Å². The van der Waals surface area contributed by atoms with E-state index in [1.165, 1.54) is 6.33 Å². The summed E-state index contributed by atoms with van der Waals surface area (Å²) in [5, 5.41) is 2.91. The second-order valence-electron chi connectivity index (χ2n) is 3.25. The molecule has 2 rings (SSSR count). The lowest BCUT2D eigenvalue weighted by Gasteiger charge is -2.01. The smallest absolute Gasteiger partial charge is 0.279 e. The average Bonchev–Trinajstić information content (AvgIpc) is 2.57. The molecule has 0 aliphatic carbocycles. The molecule has 6 nitrogen and oxygen atoms in total. The van der Waals surface area contributed by atoms with Crippen molar-refractivity contribution in [1.29, 1.82) is 0 Å². The van der Waals surface area contributed by atoms with Crippen molar-refractivity contribution in [3.8, 4) is 0 Å². The van der Waals surface area contributed by atoms with Crippen LogP contribution >= 0.6 is 0 Å². The molecule has 2 aromatic heterocycles. The fourth-order valence-corrected chi connectivity index (χ4v) is 1.57. The molecular formula is C9H13N5O. The van der Waals surface area contributed by atoms with Crippen LogP contribution in [-0.2, 0) is 13.6 Å². The van der Waals surface area contributed by atoms with Crippen LogP contribution in [0, 0.1) is 0 Å². The molecule has 0 aromatic carbocycles. The Kier molecular flexibility index (Phi) is 2.18. The van der Waals surface area contributed by atoms with Gasteiger partial charge in [-0.1, -0.05) is 0 Å². The molecule has 0 aliphatic rings. The molecule has 0 saturated carbocycles. The van der Waals surface area contributed by atoms with Gasteiger partial charge < -0.3 is 9.88 Å². The maximum atomic E-state index is 11.9. The second-order valence-corrected chi connectivity index (χ2v) is 3.25. The number of hydrogen-bond acceptors (Lipinski definition) is 4. The third-order valence-electron chi connectivity index (χ3n) is 2.42. The van der Waals surface area contributed by atoms with Gasteiger partial charge in [0.15, 0.2) is 11.2 Å². The topological polar surface area (TPSA) is 64.7 Å². The zero-order valence-electron chi connectivity index (χ0n) is 8.98. The number of rotatable bonds is 2. The summed E-state index contributed by atoms with van der Waals surface area (Å²) in [6, 6.07) is 0. The van der Waals surface area contributed by atoms with E-state index in [-0.39, 0.29) is 5.56 Å². The van der Waals surface area contributed by atoms with Crippen LogP contribution in [0.2, 0.25) is 0 Å². The quantitative estimate of drug-likeness (QED) is 0.763. The molecule has 2 aromatic rings. The molecule has 6 heteroatoms. The highest BCUT2D eigenvalue weighted by atomic mass is 16.1. The summed E-state index contributed by atoms with van der Waals surface area (Å²) >= 11 is 0. The van der Waals surface area contributed by atoms with Crippen LogP contribution in [0.4, 0.5) is 5.95 Å². The molecular weight excluding hydrogens is 194 g/mol. The van der Waals surface area contributed by atoms with Crippen LogP contribution in [0.3, 0.4) is 0 Å². The lowest BCUT2D eigenvalue weighted by molar-refractivity contribution is 0.712. The van der Waals surface area contributed by atoms with Gasteiger partial charge in [0.1, 0.15) is 6.33 Å². The van der Waals surface area contributed by atoms with E-state index in [4.69, 9.17) is 0 Å². The first-order chi connectivity index (χ1) is 7.19. The lowest BCUT2D eigenvalue weighted by Crippen LogP contribution is -2.21. The molecule has 0 bridgehead atoms. The molecule has 0 spiro atoms. The van der Waals surface area contributed by atoms with E-state index in [1.54, 1.807) is 23.2 Å². The largest absolute Gasteiger partial charge is 0.359 e. The van der Waals surface area contributed by atoms with Gasteiger partial charge in [-0.05, 0) is 6.92 Å². The van der Waals surface area contributed by atoms with Gasteiger partial charge in [0, 0.05) is 20.6 Å². The van der Waals surface area contributed by atoms with Crippen LogP contribution in [0.15, 0.2) is 11.1 Å². The monoisotopic (exact) mass is 207 g/mol. The zero-order chi connectivity index (χ0) is 11.0. The Morgan fingerprint density at radius 1 is 1.53 bits per heavy atom. The molecule has 0 aliphatic heterocycles. The van der Waals surface area contributed by atoms with Gasteiger partial charge in [0.2, 0.25) is 5.95 Å². The number of nitrogens with one attached hydrogen (secondary N) is 1. The first-order valence-electron chi connectivity index (χ1n) is 4.78. The minimum absolute atomic E-state index is 0.0565. The summed E-state index contributed by atoms with van der Waals surface area (Å²) < 4.78 is 3.28. The Hall–Kier alpha value is -1.85. The van der Waals surface area contributed by atoms with Crippen LogP contribution in [0.25, 0.3) is 11.2 Å². The van der Waals surface area contributed by atoms with Crippen LogP contribution in [0.5, 0.6) is 0 Å². The Morgan fingerprint density at radius 3 is 2.87 bits per heavy atom. The van der Waals surface area contributed by atoms with Crippen molar-refractivity contribution in [2.75, 3.05) is 12.4 Å². The summed E-state index contributed by atoms with van der Waals surface area (Å²) in [5.41, 5.74) is 0.958. The third-order valence-corrected chi connectivity index (χ3v) is 2.42. The normalized spacial score (nSPS) is 10.9. The van der Waals surface area contributed by atoms with Gasteiger partial charge in [0.05, 0.1) is 0 Å². The number of imidazole rings is 1. The molecule has 1 N–H and O–H groups in total. The van der Waals surface area contributed by atoms with Crippen molar-refractivity contribution in [2.45, 2.75) is 13.5 Å².